The van der Waals surface area contributed by atoms with Gasteiger partial charge in [-0.25, -0.2) is 4.98 Å². The third kappa shape index (κ3) is 5.28. The molecule has 0 spiro atoms. The molecule has 2 fully saturated rings. The summed E-state index contributed by atoms with van der Waals surface area (Å²) < 4.78 is 7.85. The first-order valence-electron chi connectivity index (χ1n) is 9.73. The first-order valence-corrected chi connectivity index (χ1v) is 9.73. The fourth-order valence-electron chi connectivity index (χ4n) is 3.87. The van der Waals surface area contributed by atoms with Crippen LogP contribution in [-0.2, 0) is 16.1 Å². The number of nitrogens with zero attached hydrogens (tertiary/aromatic N) is 3. The van der Waals surface area contributed by atoms with Gasteiger partial charge in [0.1, 0.15) is 5.82 Å². The molecule has 0 saturated carbocycles. The van der Waals surface area contributed by atoms with Crippen molar-refractivity contribution in [2.24, 2.45) is 5.92 Å². The number of rotatable bonds is 7. The summed E-state index contributed by atoms with van der Waals surface area (Å²) in [6.45, 7) is 9.45. The van der Waals surface area contributed by atoms with Gasteiger partial charge in [0.05, 0.1) is 12.6 Å². The average Bonchev–Trinajstić information content (AvgIpc) is 3.26. The smallest absolute Gasteiger partial charge is 0.234 e. The molecule has 0 aromatic carbocycles. The van der Waals surface area contributed by atoms with E-state index in [2.05, 4.69) is 39.8 Å². The van der Waals surface area contributed by atoms with Crippen LogP contribution in [0.3, 0.4) is 0 Å². The Balaban J connectivity index is 1.36. The highest BCUT2D eigenvalue weighted by atomic mass is 16.5. The van der Waals surface area contributed by atoms with Gasteiger partial charge in [-0.2, -0.15) is 0 Å². The SMILES string of the molecule is CC(C)c1nccn1CC1CCN(CC(=O)NCC2CCCO2)CC1. The van der Waals surface area contributed by atoms with Crippen molar-refractivity contribution >= 4 is 5.91 Å². The zero-order chi connectivity index (χ0) is 17.6. The number of imidazole rings is 1. The first kappa shape index (κ1) is 18.4. The Labute approximate surface area is 150 Å². The average molecular weight is 348 g/mol. The van der Waals surface area contributed by atoms with E-state index >= 15 is 0 Å². The summed E-state index contributed by atoms with van der Waals surface area (Å²) in [5, 5.41) is 3.02. The van der Waals surface area contributed by atoms with E-state index in [1.165, 1.54) is 5.82 Å². The van der Waals surface area contributed by atoms with Crippen LogP contribution in [0.15, 0.2) is 12.4 Å². The van der Waals surface area contributed by atoms with E-state index in [4.69, 9.17) is 4.74 Å². The Morgan fingerprint density at radius 2 is 2.16 bits per heavy atom. The fraction of sp³-hybridized carbons (Fsp3) is 0.789. The second-order valence-electron chi connectivity index (χ2n) is 7.75. The van der Waals surface area contributed by atoms with E-state index in [1.807, 2.05) is 6.20 Å². The number of hydrogen-bond acceptors (Lipinski definition) is 4. The minimum Gasteiger partial charge on any atom is -0.376 e. The van der Waals surface area contributed by atoms with Crippen molar-refractivity contribution in [2.75, 3.05) is 32.8 Å². The Morgan fingerprint density at radius 3 is 2.84 bits per heavy atom. The fourth-order valence-corrected chi connectivity index (χ4v) is 3.87. The van der Waals surface area contributed by atoms with Crippen molar-refractivity contribution in [2.45, 2.75) is 58.1 Å². The molecule has 0 bridgehead atoms. The number of ether oxygens (including phenoxy) is 1. The van der Waals surface area contributed by atoms with Crippen molar-refractivity contribution in [1.29, 1.82) is 0 Å². The van der Waals surface area contributed by atoms with Gasteiger partial charge in [0.2, 0.25) is 5.91 Å². The number of likely N-dealkylation sites (tertiary alicyclic amines) is 1. The topological polar surface area (TPSA) is 59.4 Å². The lowest BCUT2D eigenvalue weighted by atomic mass is 9.96. The largest absolute Gasteiger partial charge is 0.376 e. The monoisotopic (exact) mass is 348 g/mol. The van der Waals surface area contributed by atoms with Gasteiger partial charge in [0.15, 0.2) is 0 Å². The third-order valence-corrected chi connectivity index (χ3v) is 5.34. The number of carbonyl (C=O) groups excluding carboxylic acids is 1. The predicted molar refractivity (Wildman–Crippen MR) is 97.5 cm³/mol. The zero-order valence-corrected chi connectivity index (χ0v) is 15.6. The Kier molecular flexibility index (Phi) is 6.48. The van der Waals surface area contributed by atoms with Crippen LogP contribution in [0.1, 0.15) is 51.3 Å². The maximum atomic E-state index is 12.1. The van der Waals surface area contributed by atoms with Crippen LogP contribution in [0, 0.1) is 5.92 Å². The lowest BCUT2D eigenvalue weighted by molar-refractivity contribution is -0.123. The number of carbonyl (C=O) groups is 1. The molecule has 2 aliphatic rings. The van der Waals surface area contributed by atoms with Crippen LogP contribution in [0.4, 0.5) is 0 Å². The molecule has 2 aliphatic heterocycles. The number of hydrogen-bond donors (Lipinski definition) is 1. The number of amides is 1. The number of piperidine rings is 1. The highest BCUT2D eigenvalue weighted by Gasteiger charge is 2.23. The van der Waals surface area contributed by atoms with Crippen LogP contribution < -0.4 is 5.32 Å². The summed E-state index contributed by atoms with van der Waals surface area (Å²) in [6.07, 6.45) is 8.70. The van der Waals surface area contributed by atoms with E-state index < -0.39 is 0 Å². The molecule has 3 rings (SSSR count). The summed E-state index contributed by atoms with van der Waals surface area (Å²) in [6, 6.07) is 0. The molecule has 1 aromatic rings. The standard InChI is InChI=1S/C19H32N4O2/c1-15(2)19-20-7-10-23(19)13-16-5-8-22(9-6-16)14-18(24)21-12-17-4-3-11-25-17/h7,10,15-17H,3-6,8-9,11-14H2,1-2H3,(H,21,24). The van der Waals surface area contributed by atoms with Gasteiger partial charge >= 0.3 is 0 Å². The normalized spacial score (nSPS) is 22.6. The van der Waals surface area contributed by atoms with Crippen molar-refractivity contribution in [1.82, 2.24) is 19.8 Å². The quantitative estimate of drug-likeness (QED) is 0.819. The number of nitrogens with one attached hydrogen (secondary N) is 1. The highest BCUT2D eigenvalue weighted by molar-refractivity contribution is 5.78. The summed E-state index contributed by atoms with van der Waals surface area (Å²) in [4.78, 5) is 18.9. The lowest BCUT2D eigenvalue weighted by Crippen LogP contribution is -2.43. The molecule has 6 heteroatoms. The van der Waals surface area contributed by atoms with Crippen LogP contribution in [0.25, 0.3) is 0 Å². The Morgan fingerprint density at radius 1 is 1.36 bits per heavy atom. The zero-order valence-electron chi connectivity index (χ0n) is 15.6. The van der Waals surface area contributed by atoms with Crippen LogP contribution in [-0.4, -0.2) is 59.2 Å². The second-order valence-corrected chi connectivity index (χ2v) is 7.75. The molecule has 1 unspecified atom stereocenters. The molecular weight excluding hydrogens is 316 g/mol. The molecule has 1 aromatic heterocycles. The number of aromatic nitrogens is 2. The van der Waals surface area contributed by atoms with Gasteiger partial charge in [-0.05, 0) is 44.7 Å². The van der Waals surface area contributed by atoms with E-state index in [1.54, 1.807) is 0 Å². The second kappa shape index (κ2) is 8.81. The van der Waals surface area contributed by atoms with Crippen molar-refractivity contribution in [3.8, 4) is 0 Å². The molecule has 25 heavy (non-hydrogen) atoms. The molecule has 3 heterocycles. The maximum absolute atomic E-state index is 12.1. The summed E-state index contributed by atoms with van der Waals surface area (Å²) >= 11 is 0. The van der Waals surface area contributed by atoms with Crippen molar-refractivity contribution < 1.29 is 9.53 Å². The maximum Gasteiger partial charge on any atom is 0.234 e. The summed E-state index contributed by atoms with van der Waals surface area (Å²) in [5.41, 5.74) is 0. The van der Waals surface area contributed by atoms with Crippen LogP contribution in [0.2, 0.25) is 0 Å². The van der Waals surface area contributed by atoms with Gasteiger partial charge in [0, 0.05) is 38.0 Å². The molecule has 0 aliphatic carbocycles. The summed E-state index contributed by atoms with van der Waals surface area (Å²) in [7, 11) is 0. The molecule has 6 nitrogen and oxygen atoms in total. The highest BCUT2D eigenvalue weighted by Crippen LogP contribution is 2.21. The van der Waals surface area contributed by atoms with E-state index in [0.29, 0.717) is 24.9 Å². The first-order chi connectivity index (χ1) is 12.1. The van der Waals surface area contributed by atoms with Gasteiger partial charge in [-0.15, -0.1) is 0 Å². The molecule has 1 amide bonds. The predicted octanol–water partition coefficient (Wildman–Crippen LogP) is 2.01. The van der Waals surface area contributed by atoms with Gasteiger partial charge in [0.25, 0.3) is 0 Å². The Bertz CT molecular complexity index is 543. The molecule has 1 N–H and O–H groups in total. The summed E-state index contributed by atoms with van der Waals surface area (Å²) in [5.74, 6) is 2.45. The molecule has 2 saturated heterocycles. The van der Waals surface area contributed by atoms with E-state index in [9.17, 15) is 4.79 Å². The molecule has 140 valence electrons. The van der Waals surface area contributed by atoms with Gasteiger partial charge in [-0.1, -0.05) is 13.8 Å². The van der Waals surface area contributed by atoms with Gasteiger partial charge < -0.3 is 14.6 Å². The van der Waals surface area contributed by atoms with Crippen molar-refractivity contribution in [3.05, 3.63) is 18.2 Å². The van der Waals surface area contributed by atoms with E-state index in [0.717, 1.165) is 51.9 Å². The van der Waals surface area contributed by atoms with Crippen LogP contribution >= 0.6 is 0 Å². The van der Waals surface area contributed by atoms with Crippen molar-refractivity contribution in [3.63, 3.8) is 0 Å². The minimum absolute atomic E-state index is 0.130. The minimum atomic E-state index is 0.130. The molecular formula is C19H32N4O2. The third-order valence-electron chi connectivity index (χ3n) is 5.34. The van der Waals surface area contributed by atoms with Crippen LogP contribution in [0.5, 0.6) is 0 Å². The van der Waals surface area contributed by atoms with E-state index in [-0.39, 0.29) is 12.0 Å². The molecule has 1 atom stereocenters. The van der Waals surface area contributed by atoms with Gasteiger partial charge in [-0.3, -0.25) is 9.69 Å². The lowest BCUT2D eigenvalue weighted by Gasteiger charge is -2.32. The molecule has 0 radical (unpaired) electrons. The Hall–Kier alpha value is -1.40.